The van der Waals surface area contributed by atoms with Crippen LogP contribution in [0.4, 0.5) is 10.5 Å². The molecule has 11 nitrogen and oxygen atoms in total. The van der Waals surface area contributed by atoms with Crippen molar-refractivity contribution >= 4 is 23.3 Å². The number of tetrazole rings is 1. The number of halogens is 1. The van der Waals surface area contributed by atoms with Crippen LogP contribution in [0.2, 0.25) is 5.02 Å². The molecule has 180 valence electrons. The minimum atomic E-state index is -0.195. The number of methoxy groups -OCH3 is 3. The Labute approximate surface area is 202 Å². The largest absolute Gasteiger partial charge is 0.493 e. The van der Waals surface area contributed by atoms with E-state index < -0.39 is 0 Å². The predicted octanol–water partition coefficient (Wildman–Crippen LogP) is 2.69. The van der Waals surface area contributed by atoms with Crippen LogP contribution in [0.3, 0.4) is 0 Å². The first-order chi connectivity index (χ1) is 16.5. The molecule has 0 unspecified atom stereocenters. The number of amides is 2. The maximum atomic E-state index is 12.8. The molecule has 4 rings (SSSR count). The van der Waals surface area contributed by atoms with Gasteiger partial charge in [-0.3, -0.25) is 4.90 Å². The fraction of sp³-hybridized carbons (Fsp3) is 0.364. The number of nitrogens with zero attached hydrogens (tertiary/aromatic N) is 6. The van der Waals surface area contributed by atoms with E-state index in [0.29, 0.717) is 60.7 Å². The second kappa shape index (κ2) is 10.6. The zero-order chi connectivity index (χ0) is 24.1. The number of rotatable bonds is 7. The highest BCUT2D eigenvalue weighted by Crippen LogP contribution is 2.40. The maximum Gasteiger partial charge on any atom is 0.321 e. The molecule has 1 aliphatic heterocycles. The molecular weight excluding hydrogens is 462 g/mol. The molecule has 1 saturated heterocycles. The third-order valence-electron chi connectivity index (χ3n) is 5.55. The van der Waals surface area contributed by atoms with E-state index in [1.54, 1.807) is 33.8 Å². The van der Waals surface area contributed by atoms with Crippen molar-refractivity contribution in [2.24, 2.45) is 0 Å². The number of benzene rings is 2. The molecule has 3 aromatic rings. The SMILES string of the molecule is COc1cc(NC(=O)N2CCN(Cc3nnnn3-c3ccc(Cl)cc3)CC2)cc(OC)c1OC. The molecule has 0 saturated carbocycles. The smallest absolute Gasteiger partial charge is 0.321 e. The molecule has 12 heteroatoms. The van der Waals surface area contributed by atoms with Crippen LogP contribution in [-0.2, 0) is 6.54 Å². The lowest BCUT2D eigenvalue weighted by molar-refractivity contribution is 0.140. The number of carbonyl (C=O) groups is 1. The Kier molecular flexibility index (Phi) is 7.33. The van der Waals surface area contributed by atoms with Crippen LogP contribution >= 0.6 is 11.6 Å². The van der Waals surface area contributed by atoms with Gasteiger partial charge in [0.1, 0.15) is 0 Å². The number of nitrogens with one attached hydrogen (secondary N) is 1. The first kappa shape index (κ1) is 23.6. The van der Waals surface area contributed by atoms with E-state index in [-0.39, 0.29) is 6.03 Å². The van der Waals surface area contributed by atoms with Crippen LogP contribution < -0.4 is 19.5 Å². The van der Waals surface area contributed by atoms with Crippen molar-refractivity contribution in [1.29, 1.82) is 0 Å². The number of urea groups is 1. The van der Waals surface area contributed by atoms with Crippen molar-refractivity contribution in [1.82, 2.24) is 30.0 Å². The Hall–Kier alpha value is -3.57. The van der Waals surface area contributed by atoms with Crippen molar-refractivity contribution in [3.8, 4) is 22.9 Å². The van der Waals surface area contributed by atoms with Crippen molar-refractivity contribution < 1.29 is 19.0 Å². The summed E-state index contributed by atoms with van der Waals surface area (Å²) < 4.78 is 17.7. The van der Waals surface area contributed by atoms with Crippen molar-refractivity contribution in [3.05, 3.63) is 47.2 Å². The first-order valence-electron chi connectivity index (χ1n) is 10.6. The lowest BCUT2D eigenvalue weighted by Crippen LogP contribution is -2.49. The predicted molar refractivity (Wildman–Crippen MR) is 126 cm³/mol. The highest BCUT2D eigenvalue weighted by atomic mass is 35.5. The maximum absolute atomic E-state index is 12.8. The molecule has 0 spiro atoms. The molecule has 0 radical (unpaired) electrons. The zero-order valence-corrected chi connectivity index (χ0v) is 19.9. The first-order valence-corrected chi connectivity index (χ1v) is 11.0. The van der Waals surface area contributed by atoms with Crippen LogP contribution in [0.5, 0.6) is 17.2 Å². The van der Waals surface area contributed by atoms with Gasteiger partial charge in [-0.15, -0.1) is 5.10 Å². The number of aromatic nitrogens is 4. The second-order valence-electron chi connectivity index (χ2n) is 7.59. The van der Waals surface area contributed by atoms with Gasteiger partial charge in [0, 0.05) is 43.3 Å². The molecule has 2 heterocycles. The molecule has 34 heavy (non-hydrogen) atoms. The van der Waals surface area contributed by atoms with Gasteiger partial charge >= 0.3 is 6.03 Å². The van der Waals surface area contributed by atoms with Gasteiger partial charge in [-0.05, 0) is 34.7 Å². The van der Waals surface area contributed by atoms with Gasteiger partial charge in [0.15, 0.2) is 17.3 Å². The Morgan fingerprint density at radius 1 is 1.00 bits per heavy atom. The van der Waals surface area contributed by atoms with E-state index in [4.69, 9.17) is 25.8 Å². The molecule has 0 atom stereocenters. The Balaban J connectivity index is 1.35. The molecule has 0 aliphatic carbocycles. The Bertz CT molecular complexity index is 1110. The summed E-state index contributed by atoms with van der Waals surface area (Å²) >= 11 is 5.98. The molecule has 2 amide bonds. The number of hydrogen-bond donors (Lipinski definition) is 1. The summed E-state index contributed by atoms with van der Waals surface area (Å²) in [5.41, 5.74) is 1.40. The van der Waals surface area contributed by atoms with Gasteiger partial charge < -0.3 is 24.4 Å². The number of anilines is 1. The summed E-state index contributed by atoms with van der Waals surface area (Å²) in [6.07, 6.45) is 0. The Morgan fingerprint density at radius 3 is 2.24 bits per heavy atom. The Morgan fingerprint density at radius 2 is 1.65 bits per heavy atom. The minimum Gasteiger partial charge on any atom is -0.493 e. The van der Waals surface area contributed by atoms with Crippen LogP contribution in [0.25, 0.3) is 5.69 Å². The summed E-state index contributed by atoms with van der Waals surface area (Å²) in [4.78, 5) is 16.8. The molecule has 1 fully saturated rings. The highest BCUT2D eigenvalue weighted by Gasteiger charge is 2.24. The molecule has 1 aliphatic rings. The van der Waals surface area contributed by atoms with Gasteiger partial charge in [-0.25, -0.2) is 4.79 Å². The summed E-state index contributed by atoms with van der Waals surface area (Å²) in [5.74, 6) is 2.14. The summed E-state index contributed by atoms with van der Waals surface area (Å²) in [5, 5.41) is 15.6. The van der Waals surface area contributed by atoms with Crippen LogP contribution in [0, 0.1) is 0 Å². The number of hydrogen-bond acceptors (Lipinski definition) is 8. The molecular formula is C22H26ClN7O4. The van der Waals surface area contributed by atoms with Gasteiger partial charge in [0.25, 0.3) is 0 Å². The van der Waals surface area contributed by atoms with E-state index >= 15 is 0 Å². The van der Waals surface area contributed by atoms with Gasteiger partial charge in [-0.2, -0.15) is 4.68 Å². The average Bonchev–Trinajstić information content (AvgIpc) is 3.32. The van der Waals surface area contributed by atoms with Crippen LogP contribution in [0.15, 0.2) is 36.4 Å². The highest BCUT2D eigenvalue weighted by molar-refractivity contribution is 6.30. The third-order valence-corrected chi connectivity index (χ3v) is 5.80. The van der Waals surface area contributed by atoms with Crippen LogP contribution in [0.1, 0.15) is 5.82 Å². The van der Waals surface area contributed by atoms with Gasteiger partial charge in [-0.1, -0.05) is 11.6 Å². The molecule has 1 N–H and O–H groups in total. The fourth-order valence-electron chi connectivity index (χ4n) is 3.75. The topological polar surface area (TPSA) is 107 Å². The normalized spacial score (nSPS) is 14.1. The molecule has 0 bridgehead atoms. The van der Waals surface area contributed by atoms with E-state index in [2.05, 4.69) is 25.7 Å². The fourth-order valence-corrected chi connectivity index (χ4v) is 3.88. The lowest BCUT2D eigenvalue weighted by atomic mass is 10.2. The molecule has 2 aromatic carbocycles. The zero-order valence-electron chi connectivity index (χ0n) is 19.2. The lowest BCUT2D eigenvalue weighted by Gasteiger charge is -2.34. The monoisotopic (exact) mass is 487 g/mol. The molecule has 1 aromatic heterocycles. The number of piperazine rings is 1. The van der Waals surface area contributed by atoms with E-state index in [1.807, 2.05) is 12.1 Å². The van der Waals surface area contributed by atoms with Gasteiger partial charge in [0.05, 0.1) is 39.2 Å². The summed E-state index contributed by atoms with van der Waals surface area (Å²) in [7, 11) is 4.60. The van der Waals surface area contributed by atoms with Crippen LogP contribution in [-0.4, -0.2) is 83.5 Å². The second-order valence-corrected chi connectivity index (χ2v) is 8.03. The van der Waals surface area contributed by atoms with E-state index in [9.17, 15) is 4.79 Å². The van der Waals surface area contributed by atoms with Crippen molar-refractivity contribution in [3.63, 3.8) is 0 Å². The quantitative estimate of drug-likeness (QED) is 0.542. The minimum absolute atomic E-state index is 0.195. The van der Waals surface area contributed by atoms with Crippen molar-refractivity contribution in [2.75, 3.05) is 52.8 Å². The number of ether oxygens (including phenoxy) is 3. The van der Waals surface area contributed by atoms with Crippen molar-refractivity contribution in [2.45, 2.75) is 6.54 Å². The summed E-state index contributed by atoms with van der Waals surface area (Å²) in [6.45, 7) is 3.09. The third kappa shape index (κ3) is 5.15. The number of carbonyl (C=O) groups excluding carboxylic acids is 1. The standard InChI is InChI=1S/C22H26ClN7O4/c1-32-18-12-16(13-19(33-2)21(18)34-3)24-22(31)29-10-8-28(9-11-29)14-20-25-26-27-30(20)17-6-4-15(23)5-7-17/h4-7,12-13H,8-11,14H2,1-3H3,(H,24,31). The van der Waals surface area contributed by atoms with E-state index in [0.717, 1.165) is 11.5 Å². The average molecular weight is 488 g/mol. The van der Waals surface area contributed by atoms with E-state index in [1.165, 1.54) is 21.3 Å². The van der Waals surface area contributed by atoms with Gasteiger partial charge in [0.2, 0.25) is 5.75 Å². The summed E-state index contributed by atoms with van der Waals surface area (Å²) in [6, 6.07) is 10.5.